The Bertz CT molecular complexity index is 776. The second-order valence-corrected chi connectivity index (χ2v) is 8.04. The number of carbonyl (C=O) groups is 2. The summed E-state index contributed by atoms with van der Waals surface area (Å²) in [5.41, 5.74) is 3.22. The van der Waals surface area contributed by atoms with Crippen molar-refractivity contribution in [1.29, 1.82) is 0 Å². The normalized spacial score (nSPS) is 19.4. The molecule has 1 aromatic rings. The number of unbranched alkanes of at least 4 members (excludes halogenated alkanes) is 2. The first kappa shape index (κ1) is 18.9. The fourth-order valence-corrected chi connectivity index (χ4v) is 4.67. The molecule has 0 N–H and O–H groups in total. The summed E-state index contributed by atoms with van der Waals surface area (Å²) in [7, 11) is 0. The molecule has 138 valence electrons. The van der Waals surface area contributed by atoms with Crippen LogP contribution in [-0.4, -0.2) is 40.7 Å². The second kappa shape index (κ2) is 8.22. The number of aliphatic carboxylic acids is 1. The molecule has 1 saturated heterocycles. The van der Waals surface area contributed by atoms with E-state index in [1.165, 1.54) is 29.5 Å². The summed E-state index contributed by atoms with van der Waals surface area (Å²) >= 11 is 6.57. The average molecular weight is 390 g/mol. The molecule has 7 heteroatoms. The van der Waals surface area contributed by atoms with Crippen LogP contribution in [0.25, 0.3) is 5.57 Å². The molecule has 1 aromatic carbocycles. The fraction of sp³-hybridized carbons (Fsp3) is 0.421. The maximum absolute atomic E-state index is 12.8. The Balaban J connectivity index is 1.87. The van der Waals surface area contributed by atoms with Gasteiger partial charge in [0, 0.05) is 48.8 Å². The summed E-state index contributed by atoms with van der Waals surface area (Å²) < 4.78 is 0.417. The highest BCUT2D eigenvalue weighted by Gasteiger charge is 2.37. The van der Waals surface area contributed by atoms with Gasteiger partial charge in [-0.2, -0.15) is 0 Å². The Kier molecular flexibility index (Phi) is 5.98. The van der Waals surface area contributed by atoms with E-state index in [1.54, 1.807) is 0 Å². The second-order valence-electron chi connectivity index (χ2n) is 6.40. The molecule has 2 aliphatic heterocycles. The van der Waals surface area contributed by atoms with Crippen LogP contribution in [0.4, 0.5) is 5.69 Å². The summed E-state index contributed by atoms with van der Waals surface area (Å²) in [5, 5.41) is 10.7. The highest BCUT2D eigenvalue weighted by Crippen LogP contribution is 2.43. The van der Waals surface area contributed by atoms with E-state index >= 15 is 0 Å². The van der Waals surface area contributed by atoms with Crippen LogP contribution in [0.2, 0.25) is 0 Å². The van der Waals surface area contributed by atoms with Gasteiger partial charge in [0.15, 0.2) is 0 Å². The van der Waals surface area contributed by atoms with Gasteiger partial charge in [0.05, 0.1) is 4.91 Å². The summed E-state index contributed by atoms with van der Waals surface area (Å²) in [5.74, 6) is -1.37. The van der Waals surface area contributed by atoms with Crippen LogP contribution in [0.3, 0.4) is 0 Å². The summed E-state index contributed by atoms with van der Waals surface area (Å²) in [6.45, 7) is 3.89. The lowest BCUT2D eigenvalue weighted by Crippen LogP contribution is -2.34. The number of benzene rings is 1. The summed E-state index contributed by atoms with van der Waals surface area (Å²) in [6, 6.07) is 8.12. The Morgan fingerprint density at radius 1 is 1.27 bits per heavy atom. The number of fused-ring (bicyclic) bond motifs is 1. The van der Waals surface area contributed by atoms with Crippen molar-refractivity contribution in [3.63, 3.8) is 0 Å². The van der Waals surface area contributed by atoms with Crippen molar-refractivity contribution in [1.82, 2.24) is 4.90 Å². The van der Waals surface area contributed by atoms with E-state index in [4.69, 9.17) is 12.2 Å². The van der Waals surface area contributed by atoms with E-state index in [0.717, 1.165) is 29.8 Å². The van der Waals surface area contributed by atoms with E-state index < -0.39 is 5.97 Å². The monoisotopic (exact) mass is 389 g/mol. The third-order valence-electron chi connectivity index (χ3n) is 4.61. The Morgan fingerprint density at radius 3 is 2.77 bits per heavy atom. The zero-order valence-corrected chi connectivity index (χ0v) is 16.3. The Labute approximate surface area is 163 Å². The standard InChI is InChI=1S/C19H22N2O3S2/c1-2-3-6-10-20-12-14(13-7-4-5-8-15(13)20)17-18(24)21(19(25)26-17)11-9-16(22)23/h4-5,7-8H,2-3,6,9-12H2,1H3,(H,22,23)/p-1/b17-14-. The van der Waals surface area contributed by atoms with Crippen LogP contribution in [-0.2, 0) is 9.59 Å². The number of hydrogen-bond acceptors (Lipinski definition) is 6. The zero-order chi connectivity index (χ0) is 18.7. The third-order valence-corrected chi connectivity index (χ3v) is 6.10. The number of amides is 1. The van der Waals surface area contributed by atoms with E-state index in [1.807, 2.05) is 18.2 Å². The molecule has 2 heterocycles. The van der Waals surface area contributed by atoms with Gasteiger partial charge in [-0.15, -0.1) is 0 Å². The molecular formula is C19H21N2O3S2-. The van der Waals surface area contributed by atoms with Gasteiger partial charge < -0.3 is 14.8 Å². The smallest absolute Gasteiger partial charge is 0.266 e. The number of rotatable bonds is 7. The van der Waals surface area contributed by atoms with Crippen molar-refractivity contribution in [3.8, 4) is 0 Å². The maximum Gasteiger partial charge on any atom is 0.266 e. The topological polar surface area (TPSA) is 63.7 Å². The number of anilines is 1. The molecule has 2 aliphatic rings. The zero-order valence-electron chi connectivity index (χ0n) is 14.7. The van der Waals surface area contributed by atoms with Gasteiger partial charge in [0.2, 0.25) is 0 Å². The van der Waals surface area contributed by atoms with E-state index in [0.29, 0.717) is 15.8 Å². The first-order chi connectivity index (χ1) is 12.5. The number of carboxylic acid groups (broad SMARTS) is 1. The van der Waals surface area contributed by atoms with Gasteiger partial charge >= 0.3 is 0 Å². The minimum atomic E-state index is -1.18. The van der Waals surface area contributed by atoms with Gasteiger partial charge in [-0.25, -0.2) is 0 Å². The fourth-order valence-electron chi connectivity index (χ4n) is 3.29. The van der Waals surface area contributed by atoms with E-state index in [2.05, 4.69) is 17.9 Å². The van der Waals surface area contributed by atoms with Crippen molar-refractivity contribution in [3.05, 3.63) is 34.7 Å². The molecule has 3 rings (SSSR count). The number of carboxylic acids is 1. The molecule has 5 nitrogen and oxygen atoms in total. The van der Waals surface area contributed by atoms with Crippen molar-refractivity contribution < 1.29 is 14.7 Å². The lowest BCUT2D eigenvalue weighted by atomic mass is 10.1. The van der Waals surface area contributed by atoms with Crippen LogP contribution >= 0.6 is 24.0 Å². The summed E-state index contributed by atoms with van der Waals surface area (Å²) in [4.78, 5) is 27.9. The molecule has 26 heavy (non-hydrogen) atoms. The lowest BCUT2D eigenvalue weighted by Gasteiger charge is -2.18. The number of hydrogen-bond donors (Lipinski definition) is 0. The number of nitrogens with zero attached hydrogens (tertiary/aromatic N) is 2. The van der Waals surface area contributed by atoms with E-state index in [-0.39, 0.29) is 18.9 Å². The number of thioether (sulfide) groups is 1. The van der Waals surface area contributed by atoms with Crippen molar-refractivity contribution in [2.24, 2.45) is 0 Å². The molecule has 0 radical (unpaired) electrons. The SMILES string of the molecule is CCCCCN1C/C(=C2/SC(=S)N(CCC(=O)[O-])C2=O)c2ccccc21. The van der Waals surface area contributed by atoms with Crippen LogP contribution in [0.15, 0.2) is 29.2 Å². The number of para-hydroxylation sites is 1. The molecule has 0 atom stereocenters. The molecule has 0 bridgehead atoms. The predicted molar refractivity (Wildman–Crippen MR) is 107 cm³/mol. The van der Waals surface area contributed by atoms with E-state index in [9.17, 15) is 14.7 Å². The van der Waals surface area contributed by atoms with Gasteiger partial charge in [-0.05, 0) is 12.5 Å². The third kappa shape index (κ3) is 3.78. The lowest BCUT2D eigenvalue weighted by molar-refractivity contribution is -0.305. The Hall–Kier alpha value is -1.86. The predicted octanol–water partition coefficient (Wildman–Crippen LogP) is 2.41. The van der Waals surface area contributed by atoms with Gasteiger partial charge in [0.1, 0.15) is 4.32 Å². The minimum Gasteiger partial charge on any atom is -0.550 e. The quantitative estimate of drug-likeness (QED) is 0.405. The van der Waals surface area contributed by atoms with Crippen LogP contribution < -0.4 is 10.0 Å². The summed E-state index contributed by atoms with van der Waals surface area (Å²) in [6.07, 6.45) is 3.25. The van der Waals surface area contributed by atoms with Crippen molar-refractivity contribution >= 4 is 51.4 Å². The van der Waals surface area contributed by atoms with Crippen LogP contribution in [0, 0.1) is 0 Å². The van der Waals surface area contributed by atoms with Gasteiger partial charge in [-0.3, -0.25) is 9.69 Å². The first-order valence-corrected chi connectivity index (χ1v) is 10.1. The van der Waals surface area contributed by atoms with Crippen LogP contribution in [0.1, 0.15) is 38.2 Å². The molecule has 0 aromatic heterocycles. The van der Waals surface area contributed by atoms with Gasteiger partial charge in [-0.1, -0.05) is 61.9 Å². The van der Waals surface area contributed by atoms with Crippen LogP contribution in [0.5, 0.6) is 0 Å². The molecule has 0 spiro atoms. The minimum absolute atomic E-state index is 0.0612. The average Bonchev–Trinajstić information content (AvgIpc) is 3.11. The molecule has 1 amide bonds. The largest absolute Gasteiger partial charge is 0.550 e. The highest BCUT2D eigenvalue weighted by atomic mass is 32.2. The Morgan fingerprint density at radius 2 is 2.04 bits per heavy atom. The molecule has 0 aliphatic carbocycles. The molecule has 0 saturated carbocycles. The van der Waals surface area contributed by atoms with Crippen molar-refractivity contribution in [2.45, 2.75) is 32.6 Å². The highest BCUT2D eigenvalue weighted by molar-refractivity contribution is 8.26. The maximum atomic E-state index is 12.8. The first-order valence-electron chi connectivity index (χ1n) is 8.84. The molecule has 1 fully saturated rings. The number of carbonyl (C=O) groups excluding carboxylic acids is 2. The van der Waals surface area contributed by atoms with Crippen molar-refractivity contribution in [2.75, 3.05) is 24.5 Å². The number of thiocarbonyl (C=S) groups is 1. The molecule has 0 unspecified atom stereocenters. The molecular weight excluding hydrogens is 368 g/mol. The van der Waals surface area contributed by atoms with Gasteiger partial charge in [0.25, 0.3) is 5.91 Å².